The number of rotatable bonds is 2. The number of hydrogen-bond donors (Lipinski definition) is 0. The van der Waals surface area contributed by atoms with Gasteiger partial charge in [-0.05, 0) is 37.1 Å². The van der Waals surface area contributed by atoms with Gasteiger partial charge < -0.3 is 9.15 Å². The van der Waals surface area contributed by atoms with Crippen molar-refractivity contribution in [3.8, 4) is 11.5 Å². The van der Waals surface area contributed by atoms with Crippen LogP contribution in [0.5, 0.6) is 0 Å². The first kappa shape index (κ1) is 10.4. The second-order valence-electron chi connectivity index (χ2n) is 3.95. The predicted octanol–water partition coefficient (Wildman–Crippen LogP) is 2.73. The molecule has 3 rings (SSSR count). The van der Waals surface area contributed by atoms with E-state index >= 15 is 0 Å². The largest absolute Gasteiger partial charge is 0.418 e. The normalized spacial score (nSPS) is 19.7. The molecular weight excluding hydrogens is 223 g/mol. The highest BCUT2D eigenvalue weighted by molar-refractivity contribution is 5.51. The Morgan fingerprint density at radius 2 is 2.00 bits per heavy atom. The maximum atomic E-state index is 12.8. The smallest absolute Gasteiger partial charge is 0.247 e. The molecule has 0 radical (unpaired) electrons. The van der Waals surface area contributed by atoms with E-state index in [0.29, 0.717) is 17.3 Å². The molecule has 88 valence electrons. The molecule has 5 heteroatoms. The molecule has 0 bridgehead atoms. The van der Waals surface area contributed by atoms with Crippen LogP contribution in [-0.4, -0.2) is 16.8 Å². The van der Waals surface area contributed by atoms with Crippen LogP contribution in [0.25, 0.3) is 11.5 Å². The molecule has 2 aromatic rings. The summed E-state index contributed by atoms with van der Waals surface area (Å²) in [5, 5.41) is 7.90. The highest BCUT2D eigenvalue weighted by Gasteiger charge is 2.23. The quantitative estimate of drug-likeness (QED) is 0.801. The summed E-state index contributed by atoms with van der Waals surface area (Å²) in [4.78, 5) is 0. The monoisotopic (exact) mass is 234 g/mol. The Hall–Kier alpha value is -1.75. The molecule has 1 aliphatic heterocycles. The Labute approximate surface area is 97.4 Å². The first-order valence-corrected chi connectivity index (χ1v) is 5.54. The number of aromatic nitrogens is 2. The molecule has 0 unspecified atom stereocenters. The van der Waals surface area contributed by atoms with E-state index in [9.17, 15) is 4.39 Å². The minimum atomic E-state index is -0.285. The molecular formula is C12H11FN2O2. The van der Waals surface area contributed by atoms with Crippen LogP contribution in [0.2, 0.25) is 0 Å². The maximum absolute atomic E-state index is 12.8. The van der Waals surface area contributed by atoms with E-state index in [1.165, 1.54) is 12.1 Å². The van der Waals surface area contributed by atoms with Gasteiger partial charge in [0.05, 0.1) is 0 Å². The second kappa shape index (κ2) is 4.25. The van der Waals surface area contributed by atoms with E-state index in [1.54, 1.807) is 12.1 Å². The summed E-state index contributed by atoms with van der Waals surface area (Å²) in [6.45, 7) is 0.735. The fourth-order valence-corrected chi connectivity index (χ4v) is 1.85. The third-order valence-corrected chi connectivity index (χ3v) is 2.74. The predicted molar refractivity (Wildman–Crippen MR) is 57.6 cm³/mol. The Bertz CT molecular complexity index is 503. The Morgan fingerprint density at radius 3 is 2.71 bits per heavy atom. The summed E-state index contributed by atoms with van der Waals surface area (Å²) in [5.41, 5.74) is 0.711. The van der Waals surface area contributed by atoms with Crippen molar-refractivity contribution < 1.29 is 13.5 Å². The molecule has 0 spiro atoms. The Kier molecular flexibility index (Phi) is 2.60. The maximum Gasteiger partial charge on any atom is 0.247 e. The first-order chi connectivity index (χ1) is 8.33. The lowest BCUT2D eigenvalue weighted by Gasteiger charge is -2.01. The summed E-state index contributed by atoms with van der Waals surface area (Å²) in [6.07, 6.45) is 1.83. The topological polar surface area (TPSA) is 48.2 Å². The number of hydrogen-bond acceptors (Lipinski definition) is 4. The molecule has 1 atom stereocenters. The molecule has 0 amide bonds. The van der Waals surface area contributed by atoms with E-state index in [0.717, 1.165) is 19.4 Å². The van der Waals surface area contributed by atoms with Crippen LogP contribution in [0.15, 0.2) is 28.7 Å². The van der Waals surface area contributed by atoms with Crippen molar-refractivity contribution in [2.75, 3.05) is 6.61 Å². The molecule has 1 aliphatic rings. The fraction of sp³-hybridized carbons (Fsp3) is 0.333. The van der Waals surface area contributed by atoms with Crippen molar-refractivity contribution in [3.63, 3.8) is 0 Å². The van der Waals surface area contributed by atoms with Gasteiger partial charge in [0.1, 0.15) is 11.9 Å². The molecule has 1 saturated heterocycles. The molecule has 1 fully saturated rings. The van der Waals surface area contributed by atoms with Crippen LogP contribution in [0.4, 0.5) is 4.39 Å². The van der Waals surface area contributed by atoms with E-state index in [-0.39, 0.29) is 11.9 Å². The van der Waals surface area contributed by atoms with Crippen LogP contribution < -0.4 is 0 Å². The summed E-state index contributed by atoms with van der Waals surface area (Å²) in [7, 11) is 0. The van der Waals surface area contributed by atoms with E-state index in [2.05, 4.69) is 10.2 Å². The number of benzene rings is 1. The lowest BCUT2D eigenvalue weighted by molar-refractivity contribution is 0.0896. The molecule has 17 heavy (non-hydrogen) atoms. The Morgan fingerprint density at radius 1 is 1.18 bits per heavy atom. The molecule has 0 saturated carbocycles. The Balaban J connectivity index is 1.86. The molecule has 1 aromatic heterocycles. The highest BCUT2D eigenvalue weighted by Crippen LogP contribution is 2.29. The average Bonchev–Trinajstić information content (AvgIpc) is 3.00. The molecule has 0 aliphatic carbocycles. The van der Waals surface area contributed by atoms with Gasteiger partial charge in [0.2, 0.25) is 11.8 Å². The van der Waals surface area contributed by atoms with Crippen LogP contribution in [0.3, 0.4) is 0 Å². The molecule has 2 heterocycles. The van der Waals surface area contributed by atoms with Crippen molar-refractivity contribution in [2.24, 2.45) is 0 Å². The summed E-state index contributed by atoms with van der Waals surface area (Å²) in [6, 6.07) is 5.96. The van der Waals surface area contributed by atoms with Gasteiger partial charge in [-0.25, -0.2) is 4.39 Å². The molecule has 4 nitrogen and oxygen atoms in total. The van der Waals surface area contributed by atoms with E-state index in [1.807, 2.05) is 0 Å². The van der Waals surface area contributed by atoms with Crippen LogP contribution in [-0.2, 0) is 4.74 Å². The summed E-state index contributed by atoms with van der Waals surface area (Å²) < 4.78 is 23.7. The van der Waals surface area contributed by atoms with Crippen LogP contribution >= 0.6 is 0 Å². The fourth-order valence-electron chi connectivity index (χ4n) is 1.85. The minimum absolute atomic E-state index is 0.0864. The number of nitrogens with zero attached hydrogens (tertiary/aromatic N) is 2. The van der Waals surface area contributed by atoms with Crippen molar-refractivity contribution >= 4 is 0 Å². The van der Waals surface area contributed by atoms with Gasteiger partial charge in [-0.1, -0.05) is 0 Å². The standard InChI is InChI=1S/C12H11FN2O2/c13-9-5-3-8(4-6-9)11-14-15-12(17-11)10-2-1-7-16-10/h3-6,10H,1-2,7H2/t10-/m1/s1. The van der Waals surface area contributed by atoms with E-state index in [4.69, 9.17) is 9.15 Å². The third-order valence-electron chi connectivity index (χ3n) is 2.74. The number of ether oxygens (including phenoxy) is 1. The van der Waals surface area contributed by atoms with Crippen molar-refractivity contribution in [2.45, 2.75) is 18.9 Å². The van der Waals surface area contributed by atoms with Gasteiger partial charge in [-0.3, -0.25) is 0 Å². The van der Waals surface area contributed by atoms with Crippen LogP contribution in [0, 0.1) is 5.82 Å². The lowest BCUT2D eigenvalue weighted by Crippen LogP contribution is -1.95. The first-order valence-electron chi connectivity index (χ1n) is 5.54. The average molecular weight is 234 g/mol. The van der Waals surface area contributed by atoms with Gasteiger partial charge in [0.25, 0.3) is 0 Å². The second-order valence-corrected chi connectivity index (χ2v) is 3.95. The van der Waals surface area contributed by atoms with Crippen molar-refractivity contribution in [1.82, 2.24) is 10.2 Å². The minimum Gasteiger partial charge on any atom is -0.418 e. The van der Waals surface area contributed by atoms with Gasteiger partial charge in [-0.2, -0.15) is 0 Å². The number of halogens is 1. The lowest BCUT2D eigenvalue weighted by atomic mass is 10.2. The van der Waals surface area contributed by atoms with Gasteiger partial charge in [-0.15, -0.1) is 10.2 Å². The van der Waals surface area contributed by atoms with Gasteiger partial charge in [0.15, 0.2) is 0 Å². The third kappa shape index (κ3) is 2.06. The highest BCUT2D eigenvalue weighted by atomic mass is 19.1. The van der Waals surface area contributed by atoms with Gasteiger partial charge >= 0.3 is 0 Å². The SMILES string of the molecule is Fc1ccc(-c2nnc([C@H]3CCCO3)o2)cc1. The van der Waals surface area contributed by atoms with Crippen molar-refractivity contribution in [1.29, 1.82) is 0 Å². The van der Waals surface area contributed by atoms with Crippen molar-refractivity contribution in [3.05, 3.63) is 36.0 Å². The summed E-state index contributed by atoms with van der Waals surface area (Å²) in [5.74, 6) is 0.616. The van der Waals surface area contributed by atoms with E-state index < -0.39 is 0 Å². The zero-order chi connectivity index (χ0) is 11.7. The molecule has 0 N–H and O–H groups in total. The zero-order valence-corrected chi connectivity index (χ0v) is 9.10. The molecule has 1 aromatic carbocycles. The van der Waals surface area contributed by atoms with Gasteiger partial charge in [0, 0.05) is 12.2 Å². The zero-order valence-electron chi connectivity index (χ0n) is 9.10. The van der Waals surface area contributed by atoms with Crippen LogP contribution in [0.1, 0.15) is 24.8 Å². The summed E-state index contributed by atoms with van der Waals surface area (Å²) >= 11 is 0.